The lowest BCUT2D eigenvalue weighted by molar-refractivity contribution is -0.142. The minimum Gasteiger partial charge on any atom is -0.375 e. The Morgan fingerprint density at radius 2 is 1.86 bits per heavy atom. The van der Waals surface area contributed by atoms with Crippen molar-refractivity contribution in [3.05, 3.63) is 0 Å². The van der Waals surface area contributed by atoms with Crippen LogP contribution < -0.4 is 0 Å². The van der Waals surface area contributed by atoms with Crippen molar-refractivity contribution in [3.8, 4) is 0 Å². The van der Waals surface area contributed by atoms with Crippen LogP contribution in [0.1, 0.15) is 13.3 Å². The van der Waals surface area contributed by atoms with E-state index in [-0.39, 0.29) is 18.1 Å². The van der Waals surface area contributed by atoms with Gasteiger partial charge in [-0.2, -0.15) is 0 Å². The molecule has 2 heterocycles. The van der Waals surface area contributed by atoms with E-state index in [1.54, 1.807) is 0 Å². The number of hydrogen-bond donors (Lipinski definition) is 0. The minimum atomic E-state index is 0.203. The summed E-state index contributed by atoms with van der Waals surface area (Å²) in [5.41, 5.74) is 0. The molecule has 0 spiro atoms. The third kappa shape index (κ3) is 5.21. The number of amides is 1. The largest absolute Gasteiger partial charge is 0.375 e. The van der Waals surface area contributed by atoms with Gasteiger partial charge in [-0.15, -0.1) is 0 Å². The molecule has 0 aromatic carbocycles. The van der Waals surface area contributed by atoms with Crippen LogP contribution in [0.25, 0.3) is 0 Å². The van der Waals surface area contributed by atoms with Gasteiger partial charge in [-0.25, -0.2) is 0 Å². The lowest BCUT2D eigenvalue weighted by Gasteiger charge is -2.37. The normalized spacial score (nSPS) is 28.1. The molecule has 0 aromatic rings. The Morgan fingerprint density at radius 1 is 1.14 bits per heavy atom. The Bertz CT molecular complexity index is 338. The van der Waals surface area contributed by atoms with Gasteiger partial charge in [-0.05, 0) is 20.5 Å². The third-order valence-electron chi connectivity index (χ3n) is 4.10. The minimum absolute atomic E-state index is 0.203. The molecule has 2 aliphatic heterocycles. The lowest BCUT2D eigenvalue weighted by Crippen LogP contribution is -2.52. The maximum absolute atomic E-state index is 12.4. The van der Waals surface area contributed by atoms with E-state index in [0.717, 1.165) is 39.1 Å². The molecule has 0 unspecified atom stereocenters. The Hall–Kier alpha value is -0.690. The van der Waals surface area contributed by atoms with E-state index in [1.165, 1.54) is 0 Å². The van der Waals surface area contributed by atoms with E-state index >= 15 is 0 Å². The summed E-state index contributed by atoms with van der Waals surface area (Å²) in [7, 11) is 4.10. The van der Waals surface area contributed by atoms with Crippen LogP contribution in [-0.4, -0.2) is 99.4 Å². The first-order valence-electron chi connectivity index (χ1n) is 7.96. The first-order chi connectivity index (χ1) is 10.1. The molecule has 2 saturated heterocycles. The zero-order valence-electron chi connectivity index (χ0n) is 13.6. The summed E-state index contributed by atoms with van der Waals surface area (Å²) in [5.74, 6) is 0.224. The second kappa shape index (κ2) is 8.08. The molecule has 0 saturated carbocycles. The van der Waals surface area contributed by atoms with E-state index in [2.05, 4.69) is 16.7 Å². The summed E-state index contributed by atoms with van der Waals surface area (Å²) in [6.45, 7) is 8.03. The number of carbonyl (C=O) groups excluding carboxylic acids is 1. The molecule has 2 atom stereocenters. The molecular formula is C15H29N3O3. The molecule has 122 valence electrons. The standard InChI is InChI=1S/C15H29N3O3/c1-4-13-11-18(6-8-20-13)15(19)12-17-5-7-21-14(10-17)9-16(2)3/h13-14H,4-12H2,1-3H3/t13-,14-/m0/s1. The predicted molar refractivity (Wildman–Crippen MR) is 81.3 cm³/mol. The second-order valence-corrected chi connectivity index (χ2v) is 6.23. The number of carbonyl (C=O) groups is 1. The lowest BCUT2D eigenvalue weighted by atomic mass is 10.2. The maximum Gasteiger partial charge on any atom is 0.236 e. The van der Waals surface area contributed by atoms with Gasteiger partial charge in [0.1, 0.15) is 0 Å². The summed E-state index contributed by atoms with van der Waals surface area (Å²) in [4.78, 5) is 18.7. The molecule has 6 nitrogen and oxygen atoms in total. The number of morpholine rings is 2. The van der Waals surface area contributed by atoms with Crippen LogP contribution >= 0.6 is 0 Å². The average Bonchev–Trinajstić information content (AvgIpc) is 2.47. The van der Waals surface area contributed by atoms with E-state index in [9.17, 15) is 4.79 Å². The molecule has 2 aliphatic rings. The summed E-state index contributed by atoms with van der Waals surface area (Å²) in [5, 5.41) is 0. The summed E-state index contributed by atoms with van der Waals surface area (Å²) < 4.78 is 11.4. The highest BCUT2D eigenvalue weighted by Crippen LogP contribution is 2.11. The quantitative estimate of drug-likeness (QED) is 0.709. The Kier molecular flexibility index (Phi) is 6.41. The van der Waals surface area contributed by atoms with Gasteiger partial charge in [0.15, 0.2) is 0 Å². The Morgan fingerprint density at radius 3 is 2.57 bits per heavy atom. The fourth-order valence-corrected chi connectivity index (χ4v) is 2.93. The highest BCUT2D eigenvalue weighted by atomic mass is 16.5. The summed E-state index contributed by atoms with van der Waals surface area (Å²) >= 11 is 0. The number of rotatable bonds is 5. The van der Waals surface area contributed by atoms with E-state index in [0.29, 0.717) is 19.8 Å². The molecule has 0 N–H and O–H groups in total. The average molecular weight is 299 g/mol. The van der Waals surface area contributed by atoms with E-state index < -0.39 is 0 Å². The molecule has 6 heteroatoms. The van der Waals surface area contributed by atoms with Crippen LogP contribution in [0.5, 0.6) is 0 Å². The third-order valence-corrected chi connectivity index (χ3v) is 4.10. The topological polar surface area (TPSA) is 45.2 Å². The van der Waals surface area contributed by atoms with Gasteiger partial charge >= 0.3 is 0 Å². The van der Waals surface area contributed by atoms with Crippen molar-refractivity contribution in [1.29, 1.82) is 0 Å². The van der Waals surface area contributed by atoms with Crippen LogP contribution in [0.3, 0.4) is 0 Å². The summed E-state index contributed by atoms with van der Waals surface area (Å²) in [6, 6.07) is 0. The number of ether oxygens (including phenoxy) is 2. The zero-order chi connectivity index (χ0) is 15.2. The van der Waals surface area contributed by atoms with Gasteiger partial charge in [0.25, 0.3) is 0 Å². The summed E-state index contributed by atoms with van der Waals surface area (Å²) in [6.07, 6.45) is 1.37. The van der Waals surface area contributed by atoms with E-state index in [4.69, 9.17) is 9.47 Å². The van der Waals surface area contributed by atoms with Crippen molar-refractivity contribution in [2.24, 2.45) is 0 Å². The highest BCUT2D eigenvalue weighted by molar-refractivity contribution is 5.78. The van der Waals surface area contributed by atoms with E-state index in [1.807, 2.05) is 19.0 Å². The van der Waals surface area contributed by atoms with Crippen LogP contribution in [0.15, 0.2) is 0 Å². The molecule has 2 fully saturated rings. The van der Waals surface area contributed by atoms with Crippen molar-refractivity contribution in [2.75, 3.05) is 66.6 Å². The molecule has 2 rings (SSSR count). The maximum atomic E-state index is 12.4. The smallest absolute Gasteiger partial charge is 0.236 e. The van der Waals surface area contributed by atoms with Gasteiger partial charge < -0.3 is 19.3 Å². The van der Waals surface area contributed by atoms with Crippen molar-refractivity contribution in [3.63, 3.8) is 0 Å². The fraction of sp³-hybridized carbons (Fsp3) is 0.933. The van der Waals surface area contributed by atoms with Gasteiger partial charge in [-0.3, -0.25) is 9.69 Å². The molecule has 1 amide bonds. The number of likely N-dealkylation sites (N-methyl/N-ethyl adjacent to an activating group) is 1. The Labute approximate surface area is 128 Å². The van der Waals surface area contributed by atoms with Gasteiger partial charge in [0.05, 0.1) is 32.0 Å². The SMILES string of the molecule is CC[C@H]1CN(C(=O)CN2CCO[C@@H](CN(C)C)C2)CCO1. The number of nitrogens with zero attached hydrogens (tertiary/aromatic N) is 3. The molecule has 0 aromatic heterocycles. The van der Waals surface area contributed by atoms with Crippen LogP contribution in [0.2, 0.25) is 0 Å². The highest BCUT2D eigenvalue weighted by Gasteiger charge is 2.27. The zero-order valence-corrected chi connectivity index (χ0v) is 13.6. The van der Waals surface area contributed by atoms with Gasteiger partial charge in [0, 0.05) is 32.7 Å². The first kappa shape index (κ1) is 16.7. The monoisotopic (exact) mass is 299 g/mol. The van der Waals surface area contributed by atoms with Crippen LogP contribution in [-0.2, 0) is 14.3 Å². The van der Waals surface area contributed by atoms with Crippen LogP contribution in [0.4, 0.5) is 0 Å². The molecular weight excluding hydrogens is 270 g/mol. The van der Waals surface area contributed by atoms with Crippen molar-refractivity contribution in [2.45, 2.75) is 25.6 Å². The molecule has 0 aliphatic carbocycles. The molecule has 0 radical (unpaired) electrons. The van der Waals surface area contributed by atoms with Gasteiger partial charge in [0.2, 0.25) is 5.91 Å². The van der Waals surface area contributed by atoms with Crippen molar-refractivity contribution in [1.82, 2.24) is 14.7 Å². The Balaban J connectivity index is 1.78. The van der Waals surface area contributed by atoms with Gasteiger partial charge in [-0.1, -0.05) is 6.92 Å². The number of hydrogen-bond acceptors (Lipinski definition) is 5. The molecule has 21 heavy (non-hydrogen) atoms. The van der Waals surface area contributed by atoms with Crippen molar-refractivity contribution < 1.29 is 14.3 Å². The van der Waals surface area contributed by atoms with Crippen molar-refractivity contribution >= 4 is 5.91 Å². The van der Waals surface area contributed by atoms with Crippen LogP contribution in [0, 0.1) is 0 Å². The second-order valence-electron chi connectivity index (χ2n) is 6.23. The fourth-order valence-electron chi connectivity index (χ4n) is 2.93. The predicted octanol–water partition coefficient (Wildman–Crippen LogP) is -0.114. The first-order valence-corrected chi connectivity index (χ1v) is 7.96. The molecule has 0 bridgehead atoms.